The first-order valence-corrected chi connectivity index (χ1v) is 10.1. The Bertz CT molecular complexity index is 961. The molecule has 0 N–H and O–H groups in total. The first-order valence-electron chi connectivity index (χ1n) is 10.1. The summed E-state index contributed by atoms with van der Waals surface area (Å²) in [6, 6.07) is 2.07. The quantitative estimate of drug-likeness (QED) is 0.791. The molecule has 4 heterocycles. The molecule has 152 valence electrons. The summed E-state index contributed by atoms with van der Waals surface area (Å²) in [4.78, 5) is 21.1. The molecule has 29 heavy (non-hydrogen) atoms. The van der Waals surface area contributed by atoms with Gasteiger partial charge in [-0.1, -0.05) is 0 Å². The van der Waals surface area contributed by atoms with Crippen molar-refractivity contribution in [2.45, 2.75) is 25.6 Å². The number of anilines is 1. The summed E-state index contributed by atoms with van der Waals surface area (Å²) in [6.45, 7) is 5.28. The number of pyridine rings is 1. The van der Waals surface area contributed by atoms with Crippen LogP contribution >= 0.6 is 0 Å². The predicted octanol–water partition coefficient (Wildman–Crippen LogP) is 1.96. The highest BCUT2D eigenvalue weighted by molar-refractivity contribution is 5.91. The van der Waals surface area contributed by atoms with Gasteiger partial charge >= 0.3 is 6.09 Å². The molecule has 1 amide bonds. The number of carbonyl (C=O) groups excluding carboxylic acids is 1. The lowest BCUT2D eigenvalue weighted by atomic mass is 10.1. The Hall–Kier alpha value is -2.87. The molecule has 8 heteroatoms. The van der Waals surface area contributed by atoms with Gasteiger partial charge in [-0.15, -0.1) is 0 Å². The summed E-state index contributed by atoms with van der Waals surface area (Å²) >= 11 is 0. The Morgan fingerprint density at radius 2 is 2.10 bits per heavy atom. The van der Waals surface area contributed by atoms with Crippen LogP contribution in [-0.4, -0.2) is 70.8 Å². The maximum atomic E-state index is 12.4. The average molecular weight is 395 g/mol. The van der Waals surface area contributed by atoms with Gasteiger partial charge in [0.2, 0.25) is 0 Å². The molecule has 1 aliphatic carbocycles. The molecule has 8 nitrogen and oxygen atoms in total. The summed E-state index contributed by atoms with van der Waals surface area (Å²) in [5, 5.41) is 4.28. The molecule has 0 radical (unpaired) electrons. The molecule has 0 aromatic carbocycles. The van der Waals surface area contributed by atoms with Crippen LogP contribution in [0.25, 0.3) is 11.6 Å². The van der Waals surface area contributed by atoms with Gasteiger partial charge in [0, 0.05) is 68.9 Å². The number of ether oxygens (including phenoxy) is 2. The largest absolute Gasteiger partial charge is 0.441 e. The minimum atomic E-state index is -0.233. The van der Waals surface area contributed by atoms with E-state index < -0.39 is 0 Å². The highest BCUT2D eigenvalue weighted by atomic mass is 16.6. The second-order valence-electron chi connectivity index (χ2n) is 7.87. The standard InChI is InChI=1S/C21H25N5O3/c1-14-20(13-28-14)29-21(27)26-7-5-25(6-8-26)19-3-4-22-18-10-15(9-17(18)19)16-11-23-24(2)12-16/h3-4,9,11-12,14,20H,5-8,10,13H2,1-2H3. The van der Waals surface area contributed by atoms with Crippen molar-refractivity contribution in [3.05, 3.63) is 41.5 Å². The summed E-state index contributed by atoms with van der Waals surface area (Å²) in [6.07, 6.45) is 8.53. The highest BCUT2D eigenvalue weighted by Crippen LogP contribution is 2.36. The number of aromatic nitrogens is 3. The van der Waals surface area contributed by atoms with E-state index in [0.717, 1.165) is 30.8 Å². The first-order chi connectivity index (χ1) is 14.1. The van der Waals surface area contributed by atoms with Crippen LogP contribution in [0.3, 0.4) is 0 Å². The zero-order valence-electron chi connectivity index (χ0n) is 16.7. The molecule has 2 aromatic rings. The summed E-state index contributed by atoms with van der Waals surface area (Å²) in [7, 11) is 1.93. The Kier molecular flexibility index (Phi) is 4.50. The van der Waals surface area contributed by atoms with Gasteiger partial charge in [0.1, 0.15) is 0 Å². The lowest BCUT2D eigenvalue weighted by Gasteiger charge is -2.39. The molecule has 2 saturated heterocycles. The van der Waals surface area contributed by atoms with Crippen molar-refractivity contribution in [1.29, 1.82) is 0 Å². The van der Waals surface area contributed by atoms with Crippen LogP contribution in [-0.2, 0) is 22.9 Å². The molecule has 2 unspecified atom stereocenters. The fraction of sp³-hybridized carbons (Fsp3) is 0.476. The van der Waals surface area contributed by atoms with E-state index >= 15 is 0 Å². The molecular formula is C21H25N5O3. The molecule has 0 saturated carbocycles. The summed E-state index contributed by atoms with van der Waals surface area (Å²) in [5.74, 6) is 0. The third kappa shape index (κ3) is 3.37. The number of amides is 1. The zero-order valence-corrected chi connectivity index (χ0v) is 16.7. The second kappa shape index (κ2) is 7.18. The molecular weight excluding hydrogens is 370 g/mol. The van der Waals surface area contributed by atoms with Gasteiger partial charge in [-0.2, -0.15) is 5.10 Å². The molecule has 2 atom stereocenters. The van der Waals surface area contributed by atoms with Gasteiger partial charge in [-0.25, -0.2) is 4.79 Å². The topological polar surface area (TPSA) is 72.7 Å². The Morgan fingerprint density at radius 3 is 2.76 bits per heavy atom. The third-order valence-electron chi connectivity index (χ3n) is 5.98. The van der Waals surface area contributed by atoms with Crippen LogP contribution in [0.4, 0.5) is 10.5 Å². The van der Waals surface area contributed by atoms with E-state index in [0.29, 0.717) is 19.7 Å². The van der Waals surface area contributed by atoms with Crippen molar-refractivity contribution in [2.75, 3.05) is 37.7 Å². The number of aryl methyl sites for hydroxylation is 1. The van der Waals surface area contributed by atoms with E-state index in [1.807, 2.05) is 37.2 Å². The van der Waals surface area contributed by atoms with Gasteiger partial charge < -0.3 is 19.3 Å². The average Bonchev–Trinajstić information content (AvgIpc) is 3.36. The Morgan fingerprint density at radius 1 is 1.28 bits per heavy atom. The van der Waals surface area contributed by atoms with Gasteiger partial charge in [-0.3, -0.25) is 9.67 Å². The van der Waals surface area contributed by atoms with Gasteiger partial charge in [-0.05, 0) is 24.6 Å². The Balaban J connectivity index is 1.27. The van der Waals surface area contributed by atoms with Crippen molar-refractivity contribution in [2.24, 2.45) is 7.05 Å². The second-order valence-corrected chi connectivity index (χ2v) is 7.87. The molecule has 0 bridgehead atoms. The molecule has 2 aromatic heterocycles. The van der Waals surface area contributed by atoms with E-state index in [-0.39, 0.29) is 18.3 Å². The van der Waals surface area contributed by atoms with Crippen LogP contribution in [0.1, 0.15) is 23.7 Å². The van der Waals surface area contributed by atoms with E-state index in [9.17, 15) is 4.79 Å². The fourth-order valence-electron chi connectivity index (χ4n) is 4.09. The molecule has 5 rings (SSSR count). The number of hydrogen-bond acceptors (Lipinski definition) is 6. The van der Waals surface area contributed by atoms with Gasteiger partial charge in [0.25, 0.3) is 0 Å². The summed E-state index contributed by atoms with van der Waals surface area (Å²) < 4.78 is 12.6. The van der Waals surface area contributed by atoms with Gasteiger partial charge in [0.15, 0.2) is 6.10 Å². The van der Waals surface area contributed by atoms with Crippen molar-refractivity contribution in [3.8, 4) is 0 Å². The van der Waals surface area contributed by atoms with E-state index in [4.69, 9.17) is 9.47 Å². The lowest BCUT2D eigenvalue weighted by Crippen LogP contribution is -2.53. The van der Waals surface area contributed by atoms with Crippen molar-refractivity contribution >= 4 is 23.4 Å². The normalized spacial score (nSPS) is 23.4. The predicted molar refractivity (Wildman–Crippen MR) is 108 cm³/mol. The van der Waals surface area contributed by atoms with Crippen molar-refractivity contribution in [1.82, 2.24) is 19.7 Å². The number of piperazine rings is 1. The lowest BCUT2D eigenvalue weighted by molar-refractivity contribution is -0.157. The van der Waals surface area contributed by atoms with Crippen LogP contribution in [0.5, 0.6) is 0 Å². The van der Waals surface area contributed by atoms with E-state index in [2.05, 4.69) is 27.1 Å². The number of nitrogens with zero attached hydrogens (tertiary/aromatic N) is 5. The van der Waals surface area contributed by atoms with Crippen LogP contribution in [0, 0.1) is 0 Å². The summed E-state index contributed by atoms with van der Waals surface area (Å²) in [5.41, 5.74) is 5.85. The number of allylic oxidation sites excluding steroid dienone is 1. The minimum Gasteiger partial charge on any atom is -0.441 e. The van der Waals surface area contributed by atoms with E-state index in [1.54, 1.807) is 4.90 Å². The maximum absolute atomic E-state index is 12.4. The fourth-order valence-corrected chi connectivity index (χ4v) is 4.09. The SMILES string of the molecule is CC1OCC1OC(=O)N1CCN(c2ccnc3c2C=C(c2cnn(C)c2)C3)CC1. The number of hydrogen-bond donors (Lipinski definition) is 0. The highest BCUT2D eigenvalue weighted by Gasteiger charge is 2.34. The molecule has 2 fully saturated rings. The zero-order chi connectivity index (χ0) is 20.0. The Labute approximate surface area is 169 Å². The van der Waals surface area contributed by atoms with Crippen LogP contribution in [0.2, 0.25) is 0 Å². The first kappa shape index (κ1) is 18.2. The molecule has 0 spiro atoms. The van der Waals surface area contributed by atoms with Gasteiger partial charge in [0.05, 0.1) is 24.6 Å². The molecule has 3 aliphatic rings. The third-order valence-corrected chi connectivity index (χ3v) is 5.98. The van der Waals surface area contributed by atoms with E-state index in [1.165, 1.54) is 16.8 Å². The monoisotopic (exact) mass is 395 g/mol. The van der Waals surface area contributed by atoms with Crippen molar-refractivity contribution < 1.29 is 14.3 Å². The smallest absolute Gasteiger partial charge is 0.410 e. The van der Waals surface area contributed by atoms with Crippen LogP contribution < -0.4 is 4.90 Å². The number of rotatable bonds is 3. The van der Waals surface area contributed by atoms with Crippen LogP contribution in [0.15, 0.2) is 24.7 Å². The van der Waals surface area contributed by atoms with Crippen molar-refractivity contribution in [3.63, 3.8) is 0 Å². The minimum absolute atomic E-state index is 0.000410. The number of fused-ring (bicyclic) bond motifs is 1. The number of carbonyl (C=O) groups is 1. The maximum Gasteiger partial charge on any atom is 0.410 e. The molecule has 2 aliphatic heterocycles.